The first-order valence-electron chi connectivity index (χ1n) is 43.6. The van der Waals surface area contributed by atoms with Crippen molar-refractivity contribution in [1.29, 1.82) is 0 Å². The van der Waals surface area contributed by atoms with E-state index < -0.39 is 35.2 Å². The lowest BCUT2D eigenvalue weighted by Crippen LogP contribution is -2.40. The second-order valence-electron chi connectivity index (χ2n) is 32.0. The van der Waals surface area contributed by atoms with Gasteiger partial charge in [-0.3, -0.25) is 19.3 Å². The van der Waals surface area contributed by atoms with Gasteiger partial charge in [-0.1, -0.05) is 41.9 Å². The van der Waals surface area contributed by atoms with E-state index in [0.29, 0.717) is 184 Å². The minimum absolute atomic E-state index is 0.0136. The van der Waals surface area contributed by atoms with Crippen LogP contribution < -0.4 is 40.8 Å². The van der Waals surface area contributed by atoms with Crippen LogP contribution in [-0.4, -0.2) is 219 Å². The van der Waals surface area contributed by atoms with Gasteiger partial charge in [-0.15, -0.1) is 25.5 Å². The number of nitrogens with zero attached hydrogens (tertiary/aromatic N) is 13. The maximum absolute atomic E-state index is 13.5. The number of aryl methyl sites for hydroxylation is 3. The van der Waals surface area contributed by atoms with Crippen LogP contribution in [0.15, 0.2) is 162 Å². The second kappa shape index (κ2) is 40.8. The molecular formula is C96H94ClF9N22O10. The number of aromatic amines is 4. The SMILES string of the molecule is CNc1c(-c2ccc(-c3nnc(C)o3)cc2)cnc2[nH]cc(C)c12.CNc1c(-c2ccc(C(=O)N3CCOCC3)cc2OC)cnc2c1C(Cl)=CC2.CNc1c(C(F)(F)F)cnc2[nH]cc(-c3ccc(-c4nnc(C)o4)cc3)c12.CNc1c(C(F)(F)F)cnc2[nH]cc(-c3ccc(C(=O)N4CCOCC4)cc3OC)c12.CNc1c(C(F)(F)F)cnc2[nH]cc(-c3cn(C4CCOCC4)nc3OC)c12. The van der Waals surface area contributed by atoms with Crippen molar-refractivity contribution in [3.63, 3.8) is 0 Å². The van der Waals surface area contributed by atoms with Crippen LogP contribution in [0.25, 0.3) is 128 Å². The monoisotopic (exact) mass is 1920 g/mol. The molecule has 42 heteroatoms. The number of carbonyl (C=O) groups excluding carboxylic acids is 2. The molecule has 0 spiro atoms. The Bertz CT molecular complexity index is 7150. The third-order valence-corrected chi connectivity index (χ3v) is 24.1. The Hall–Kier alpha value is -15.1. The van der Waals surface area contributed by atoms with Gasteiger partial charge in [0.05, 0.1) is 126 Å². The normalized spacial score (nSPS) is 14.0. The average Bonchev–Trinajstić information content (AvgIpc) is 1.62. The molecule has 1 aliphatic carbocycles. The largest absolute Gasteiger partial charge is 0.496 e. The molecule has 16 aromatic rings. The predicted octanol–water partition coefficient (Wildman–Crippen LogP) is 19.6. The molecule has 0 saturated carbocycles. The summed E-state index contributed by atoms with van der Waals surface area (Å²) in [6.07, 6.45) is 5.56. The quantitative estimate of drug-likeness (QED) is 0.0360. The number of hydrogen-bond donors (Lipinski definition) is 9. The lowest BCUT2D eigenvalue weighted by Gasteiger charge is -2.27. The number of aromatic nitrogens is 15. The number of pyridine rings is 5. The molecular weight excluding hydrogens is 1830 g/mol. The minimum Gasteiger partial charge on any atom is -0.496 e. The summed E-state index contributed by atoms with van der Waals surface area (Å²) in [5.41, 5.74) is 14.4. The van der Waals surface area contributed by atoms with Crippen LogP contribution in [0.4, 0.5) is 68.0 Å². The maximum atomic E-state index is 13.5. The number of fused-ring (bicyclic) bond motifs is 5. The van der Waals surface area contributed by atoms with Gasteiger partial charge < -0.3 is 93.6 Å². The predicted molar refractivity (Wildman–Crippen MR) is 505 cm³/mol. The third-order valence-electron chi connectivity index (χ3n) is 23.8. The molecule has 32 nitrogen and oxygen atoms in total. The molecule has 3 aliphatic heterocycles. The summed E-state index contributed by atoms with van der Waals surface area (Å²) in [6.45, 7) is 11.2. The molecule has 12 aromatic heterocycles. The number of carbonyl (C=O) groups is 2. The zero-order valence-corrected chi connectivity index (χ0v) is 77.1. The van der Waals surface area contributed by atoms with Crippen LogP contribution in [0, 0.1) is 20.8 Å². The highest BCUT2D eigenvalue weighted by Gasteiger charge is 2.40. The lowest BCUT2D eigenvalue weighted by atomic mass is 9.99. The highest BCUT2D eigenvalue weighted by molar-refractivity contribution is 6.50. The van der Waals surface area contributed by atoms with Crippen LogP contribution in [0.3, 0.4) is 0 Å². The van der Waals surface area contributed by atoms with E-state index >= 15 is 0 Å². The maximum Gasteiger partial charge on any atom is 0.419 e. The van der Waals surface area contributed by atoms with E-state index in [1.54, 1.807) is 97.9 Å². The Morgan fingerprint density at radius 3 is 1.27 bits per heavy atom. The number of methoxy groups -OCH3 is 3. The molecule has 2 amide bonds. The number of ether oxygens (including phenoxy) is 6. The summed E-state index contributed by atoms with van der Waals surface area (Å²) in [5, 5.41) is 37.6. The van der Waals surface area contributed by atoms with Crippen molar-refractivity contribution >= 4 is 101 Å². The molecule has 0 bridgehead atoms. The fraction of sp³-hybridized carbons (Fsp3) is 0.292. The highest BCUT2D eigenvalue weighted by Crippen LogP contribution is 2.50. The Labute approximate surface area is 787 Å². The molecule has 0 radical (unpaired) electrons. The van der Waals surface area contributed by atoms with Crippen molar-refractivity contribution in [3.05, 3.63) is 209 Å². The van der Waals surface area contributed by atoms with Crippen molar-refractivity contribution in [2.24, 2.45) is 0 Å². The smallest absolute Gasteiger partial charge is 0.419 e. The number of anilines is 5. The number of amides is 2. The molecule has 718 valence electrons. The zero-order valence-electron chi connectivity index (χ0n) is 76.4. The molecule has 0 atom stereocenters. The Balaban J connectivity index is 0.000000125. The van der Waals surface area contributed by atoms with E-state index in [1.165, 1.54) is 40.9 Å². The Morgan fingerprint density at radius 1 is 0.435 bits per heavy atom. The summed E-state index contributed by atoms with van der Waals surface area (Å²) in [5.74, 6) is 3.11. The van der Waals surface area contributed by atoms with Gasteiger partial charge in [-0.25, -0.2) is 19.9 Å². The molecule has 4 aliphatic rings. The fourth-order valence-corrected chi connectivity index (χ4v) is 17.3. The van der Waals surface area contributed by atoms with Crippen LogP contribution in [0.1, 0.15) is 84.9 Å². The number of rotatable bonds is 18. The van der Waals surface area contributed by atoms with Crippen molar-refractivity contribution < 1.29 is 86.4 Å². The van der Waals surface area contributed by atoms with Gasteiger partial charge in [0, 0.05) is 234 Å². The number of hydrogen-bond acceptors (Lipinski definition) is 25. The molecule has 9 N–H and O–H groups in total. The summed E-state index contributed by atoms with van der Waals surface area (Å²) in [4.78, 5) is 62.0. The van der Waals surface area contributed by atoms with E-state index in [9.17, 15) is 49.1 Å². The van der Waals surface area contributed by atoms with Crippen molar-refractivity contribution in [2.75, 3.05) is 149 Å². The fourth-order valence-electron chi connectivity index (χ4n) is 17.1. The number of morpholine rings is 2. The summed E-state index contributed by atoms with van der Waals surface area (Å²) >= 11 is 6.40. The van der Waals surface area contributed by atoms with Crippen molar-refractivity contribution in [1.82, 2.24) is 84.8 Å². The highest BCUT2D eigenvalue weighted by atomic mass is 35.5. The van der Waals surface area contributed by atoms with Crippen LogP contribution >= 0.6 is 11.6 Å². The van der Waals surface area contributed by atoms with Gasteiger partial charge in [0.15, 0.2) is 0 Å². The molecule has 20 rings (SSSR count). The van der Waals surface area contributed by atoms with E-state index in [-0.39, 0.29) is 34.9 Å². The molecule has 3 fully saturated rings. The Morgan fingerprint density at radius 2 is 0.833 bits per heavy atom. The number of halogens is 10. The van der Waals surface area contributed by atoms with Gasteiger partial charge in [0.1, 0.15) is 34.1 Å². The first-order valence-corrected chi connectivity index (χ1v) is 43.9. The molecule has 4 aromatic carbocycles. The van der Waals surface area contributed by atoms with Gasteiger partial charge >= 0.3 is 18.5 Å². The molecule has 0 unspecified atom stereocenters. The van der Waals surface area contributed by atoms with Crippen LogP contribution in [-0.2, 0) is 39.2 Å². The summed E-state index contributed by atoms with van der Waals surface area (Å²) in [7, 11) is 12.7. The minimum atomic E-state index is -4.56. The third kappa shape index (κ3) is 19.7. The topological polar surface area (TPSA) is 379 Å². The number of alkyl halides is 9. The van der Waals surface area contributed by atoms with Gasteiger partial charge in [-0.2, -0.15) is 39.5 Å². The standard InChI is InChI=1S/C21H22ClN3O3.C21H21F3N4O3.C18H20F3N5O2.C18H14F3N5O.C18H17N5O/c1-23-20-15(12-24-17-6-5-16(22)19(17)20)14-4-3-13(11-18(14)27-2)21(26)25-7-9-28-10-8-25;1-25-18-15(21(22,23)24)11-27-19-17(18)14(10-26-19)13-4-3-12(9-16(13)30-2)20(29)28-5-7-31-8-6-28;1-22-15-13(18(19,20)21)8-24-16-14(15)11(7-23-16)12-9-26(25-17(12)27-2)10-3-5-28-6-4-10;1-9-25-26-17(27-9)11-5-3-10(4-6-11)12-7-23-16-14(12)15(22-2)13(8-24-16)18(19,20)21;1-10-8-20-17-15(10)16(19-3)14(9-21-17)12-4-6-13(7-5-12)18-23-22-11(2)24-18/h3-5,11-12H,6-10H2,1-2H3,(H,23,24);3-4,9-11H,5-8H2,1-2H3,(H2,25,26,27);7-10H,3-6H2,1-2H3,(H2,22,23,24);3-8H,1-2H3,(H2,22,23,24);4-9H,1-3H3,(H2,19,20,21). The number of benzene rings is 4. The van der Waals surface area contributed by atoms with E-state index in [0.717, 1.165) is 110 Å². The van der Waals surface area contributed by atoms with Gasteiger partial charge in [-0.05, 0) is 97.1 Å². The molecule has 15 heterocycles. The summed E-state index contributed by atoms with van der Waals surface area (Å²) < 4.78 is 166. The van der Waals surface area contributed by atoms with E-state index in [4.69, 9.17) is 48.9 Å². The second-order valence-corrected chi connectivity index (χ2v) is 32.4. The first-order chi connectivity index (χ1) is 66.5. The Kier molecular flexibility index (Phi) is 28.4. The van der Waals surface area contributed by atoms with Crippen molar-refractivity contribution in [2.45, 2.75) is 64.6 Å². The number of nitrogens with one attached hydrogen (secondary N) is 9. The van der Waals surface area contributed by atoms with Crippen LogP contribution in [0.2, 0.25) is 0 Å². The van der Waals surface area contributed by atoms with Crippen LogP contribution in [0.5, 0.6) is 17.4 Å². The zero-order chi connectivity index (χ0) is 97.6. The van der Waals surface area contributed by atoms with Gasteiger partial charge in [0.2, 0.25) is 29.4 Å². The van der Waals surface area contributed by atoms with Crippen molar-refractivity contribution in [3.8, 4) is 95.9 Å². The lowest BCUT2D eigenvalue weighted by molar-refractivity contribution is -0.137. The molecule has 138 heavy (non-hydrogen) atoms. The number of H-pyrrole nitrogens is 4. The summed E-state index contributed by atoms with van der Waals surface area (Å²) in [6, 6.07) is 25.8. The molecule has 3 saturated heterocycles. The average molecular weight is 1920 g/mol. The van der Waals surface area contributed by atoms with E-state index in [2.05, 4.69) is 104 Å². The van der Waals surface area contributed by atoms with Gasteiger partial charge in [0.25, 0.3) is 11.8 Å². The first kappa shape index (κ1) is 96.0. The number of allylic oxidation sites excluding steroid dienone is 1. The van der Waals surface area contributed by atoms with E-state index in [1.807, 2.05) is 86.0 Å².